The van der Waals surface area contributed by atoms with E-state index in [-0.39, 0.29) is 10.6 Å². The van der Waals surface area contributed by atoms with Gasteiger partial charge in [-0.2, -0.15) is 0 Å². The van der Waals surface area contributed by atoms with Crippen LogP contribution in [0.25, 0.3) is 11.0 Å². The molecule has 0 saturated heterocycles. The zero-order valence-electron chi connectivity index (χ0n) is 11.1. The Labute approximate surface area is 121 Å². The Morgan fingerprint density at radius 3 is 2.79 bits per heavy atom. The Hall–Kier alpha value is -0.910. The third-order valence-electron chi connectivity index (χ3n) is 2.89. The van der Waals surface area contributed by atoms with Crippen LogP contribution in [0.3, 0.4) is 0 Å². The van der Waals surface area contributed by atoms with Gasteiger partial charge in [0.1, 0.15) is 5.82 Å². The van der Waals surface area contributed by atoms with Gasteiger partial charge in [-0.05, 0) is 39.1 Å². The lowest BCUT2D eigenvalue weighted by atomic mass is 10.1. The molecule has 0 saturated carbocycles. The van der Waals surface area contributed by atoms with Crippen molar-refractivity contribution in [3.8, 4) is 0 Å². The van der Waals surface area contributed by atoms with E-state index in [9.17, 15) is 4.39 Å². The highest BCUT2D eigenvalue weighted by molar-refractivity contribution is 7.71. The Morgan fingerprint density at radius 2 is 2.16 bits per heavy atom. The lowest BCUT2D eigenvalue weighted by Gasteiger charge is -2.25. The van der Waals surface area contributed by atoms with Gasteiger partial charge in [0.15, 0.2) is 4.77 Å². The Morgan fingerprint density at radius 1 is 1.47 bits per heavy atom. The quantitative estimate of drug-likeness (QED) is 0.853. The molecule has 2 aromatic rings. The van der Waals surface area contributed by atoms with E-state index < -0.39 is 5.82 Å². The molecule has 1 N–H and O–H groups in total. The smallest absolute Gasteiger partial charge is 0.178 e. The highest BCUT2D eigenvalue weighted by Crippen LogP contribution is 2.24. The van der Waals surface area contributed by atoms with Crippen LogP contribution in [0.5, 0.6) is 0 Å². The van der Waals surface area contributed by atoms with Gasteiger partial charge >= 0.3 is 0 Å². The number of aromatic nitrogens is 2. The molecule has 1 aromatic carbocycles. The fourth-order valence-corrected chi connectivity index (χ4v) is 2.56. The van der Waals surface area contributed by atoms with Crippen LogP contribution in [0, 0.1) is 10.6 Å². The molecule has 2 rings (SSSR count). The zero-order chi connectivity index (χ0) is 14.2. The molecule has 1 heterocycles. The van der Waals surface area contributed by atoms with E-state index in [2.05, 4.69) is 4.98 Å². The van der Waals surface area contributed by atoms with Crippen LogP contribution in [0.2, 0.25) is 5.02 Å². The first-order chi connectivity index (χ1) is 8.84. The molecule has 0 amide bonds. The molecule has 0 aliphatic carbocycles. The van der Waals surface area contributed by atoms with Crippen molar-refractivity contribution in [2.75, 3.05) is 6.61 Å². The number of rotatable bonds is 4. The Kier molecular flexibility index (Phi) is 3.99. The number of fused-ring (bicyclic) bond motifs is 1. The van der Waals surface area contributed by atoms with Crippen LogP contribution < -0.4 is 0 Å². The molecule has 3 nitrogen and oxygen atoms in total. The average Bonchev–Trinajstić information content (AvgIpc) is 2.56. The number of aromatic amines is 1. The molecule has 1 aromatic heterocycles. The molecule has 0 atom stereocenters. The minimum absolute atomic E-state index is 0.0833. The summed E-state index contributed by atoms with van der Waals surface area (Å²) in [5, 5.41) is 0.0833. The lowest BCUT2D eigenvalue weighted by molar-refractivity contribution is -0.0219. The van der Waals surface area contributed by atoms with Gasteiger partial charge in [0, 0.05) is 12.7 Å². The monoisotopic (exact) mass is 302 g/mol. The molecular weight excluding hydrogens is 287 g/mol. The third kappa shape index (κ3) is 2.99. The third-order valence-corrected chi connectivity index (χ3v) is 3.50. The first kappa shape index (κ1) is 14.5. The minimum Gasteiger partial charge on any atom is -0.374 e. The minimum atomic E-state index is -0.453. The molecule has 0 aliphatic rings. The summed E-state index contributed by atoms with van der Waals surface area (Å²) in [6.45, 7) is 7.05. The zero-order valence-corrected chi connectivity index (χ0v) is 12.7. The van der Waals surface area contributed by atoms with Crippen molar-refractivity contribution >= 4 is 34.9 Å². The summed E-state index contributed by atoms with van der Waals surface area (Å²) in [4.78, 5) is 3.03. The Balaban J connectivity index is 2.51. The van der Waals surface area contributed by atoms with Crippen LogP contribution in [0.1, 0.15) is 20.8 Å². The van der Waals surface area contributed by atoms with Gasteiger partial charge in [-0.25, -0.2) is 4.39 Å². The summed E-state index contributed by atoms with van der Waals surface area (Å²) < 4.78 is 21.6. The van der Waals surface area contributed by atoms with E-state index in [0.29, 0.717) is 23.4 Å². The largest absolute Gasteiger partial charge is 0.374 e. The van der Waals surface area contributed by atoms with Crippen molar-refractivity contribution < 1.29 is 9.13 Å². The standard InChI is InChI=1S/C13H16ClFN2OS/c1-4-18-13(2,3)7-17-11-6-9(15)8(14)5-10(11)16-12(17)19/h5-6H,4,7H2,1-3H3,(H,16,19). The first-order valence-electron chi connectivity index (χ1n) is 6.05. The number of ether oxygens (including phenoxy) is 1. The van der Waals surface area contributed by atoms with Crippen molar-refractivity contribution in [2.45, 2.75) is 32.9 Å². The van der Waals surface area contributed by atoms with E-state index >= 15 is 0 Å². The van der Waals surface area contributed by atoms with Gasteiger partial charge in [0.05, 0.1) is 28.2 Å². The second-order valence-electron chi connectivity index (χ2n) is 4.99. The van der Waals surface area contributed by atoms with Crippen molar-refractivity contribution in [1.82, 2.24) is 9.55 Å². The molecule has 0 unspecified atom stereocenters. The van der Waals surface area contributed by atoms with E-state index in [4.69, 9.17) is 28.6 Å². The maximum absolute atomic E-state index is 13.6. The number of hydrogen-bond donors (Lipinski definition) is 1. The summed E-state index contributed by atoms with van der Waals surface area (Å²) in [6, 6.07) is 2.94. The molecule has 0 aliphatic heterocycles. The van der Waals surface area contributed by atoms with Crippen LogP contribution in [0.15, 0.2) is 12.1 Å². The molecule has 104 valence electrons. The number of nitrogens with one attached hydrogen (secondary N) is 1. The van der Waals surface area contributed by atoms with Crippen LogP contribution in [-0.2, 0) is 11.3 Å². The van der Waals surface area contributed by atoms with Crippen molar-refractivity contribution in [3.05, 3.63) is 27.7 Å². The molecule has 0 spiro atoms. The van der Waals surface area contributed by atoms with E-state index in [1.165, 1.54) is 6.07 Å². The van der Waals surface area contributed by atoms with E-state index in [1.807, 2.05) is 25.3 Å². The van der Waals surface area contributed by atoms with Gasteiger partial charge in [0.2, 0.25) is 0 Å². The van der Waals surface area contributed by atoms with Crippen LogP contribution in [-0.4, -0.2) is 21.8 Å². The predicted molar refractivity (Wildman–Crippen MR) is 77.8 cm³/mol. The molecule has 0 fully saturated rings. The number of hydrogen-bond acceptors (Lipinski definition) is 2. The fourth-order valence-electron chi connectivity index (χ4n) is 2.13. The van der Waals surface area contributed by atoms with Gasteiger partial charge in [-0.1, -0.05) is 11.6 Å². The van der Waals surface area contributed by atoms with Crippen LogP contribution in [0.4, 0.5) is 4.39 Å². The molecule has 0 radical (unpaired) electrons. The highest BCUT2D eigenvalue weighted by atomic mass is 35.5. The number of halogens is 2. The van der Waals surface area contributed by atoms with E-state index in [1.54, 1.807) is 6.07 Å². The normalized spacial score (nSPS) is 12.3. The molecular formula is C13H16ClFN2OS. The number of benzene rings is 1. The van der Waals surface area contributed by atoms with Crippen molar-refractivity contribution in [1.29, 1.82) is 0 Å². The number of H-pyrrole nitrogens is 1. The van der Waals surface area contributed by atoms with Crippen LogP contribution >= 0.6 is 23.8 Å². The number of imidazole rings is 1. The summed E-state index contributed by atoms with van der Waals surface area (Å²) >= 11 is 11.0. The summed E-state index contributed by atoms with van der Waals surface area (Å²) in [5.74, 6) is -0.453. The second kappa shape index (κ2) is 5.23. The summed E-state index contributed by atoms with van der Waals surface area (Å²) in [5.41, 5.74) is 1.04. The molecule has 6 heteroatoms. The molecule has 0 bridgehead atoms. The second-order valence-corrected chi connectivity index (χ2v) is 5.79. The van der Waals surface area contributed by atoms with Gasteiger partial charge < -0.3 is 14.3 Å². The SMILES string of the molecule is CCOC(C)(C)Cn1c(=S)[nH]c2cc(Cl)c(F)cc21. The average molecular weight is 303 g/mol. The summed E-state index contributed by atoms with van der Waals surface area (Å²) in [7, 11) is 0. The fraction of sp³-hybridized carbons (Fsp3) is 0.462. The predicted octanol–water partition coefficient (Wildman–Crippen LogP) is 4.31. The van der Waals surface area contributed by atoms with E-state index in [0.717, 1.165) is 5.52 Å². The maximum Gasteiger partial charge on any atom is 0.178 e. The lowest BCUT2D eigenvalue weighted by Crippen LogP contribution is -2.30. The highest BCUT2D eigenvalue weighted by Gasteiger charge is 2.20. The Bertz CT molecular complexity index is 662. The van der Waals surface area contributed by atoms with Crippen molar-refractivity contribution in [2.24, 2.45) is 0 Å². The maximum atomic E-state index is 13.6. The van der Waals surface area contributed by atoms with Gasteiger partial charge in [-0.3, -0.25) is 0 Å². The first-order valence-corrected chi connectivity index (χ1v) is 6.84. The van der Waals surface area contributed by atoms with Gasteiger partial charge in [0.25, 0.3) is 0 Å². The molecule has 19 heavy (non-hydrogen) atoms. The number of nitrogens with zero attached hydrogens (tertiary/aromatic N) is 1. The summed E-state index contributed by atoms with van der Waals surface area (Å²) in [6.07, 6.45) is 0. The topological polar surface area (TPSA) is 29.9 Å². The van der Waals surface area contributed by atoms with Crippen molar-refractivity contribution in [3.63, 3.8) is 0 Å². The van der Waals surface area contributed by atoms with Gasteiger partial charge in [-0.15, -0.1) is 0 Å².